The van der Waals surface area contributed by atoms with Crippen LogP contribution in [-0.4, -0.2) is 45.2 Å². The normalized spacial score (nSPS) is 12.5. The lowest BCUT2D eigenvalue weighted by atomic mass is 10.1. The second-order valence-electron chi connectivity index (χ2n) is 6.34. The van der Waals surface area contributed by atoms with Crippen LogP contribution in [0.1, 0.15) is 28.9 Å². The zero-order valence-corrected chi connectivity index (χ0v) is 16.6. The van der Waals surface area contributed by atoms with Gasteiger partial charge in [-0.1, -0.05) is 18.2 Å². The highest BCUT2D eigenvalue weighted by atomic mass is 32.2. The highest BCUT2D eigenvalue weighted by Crippen LogP contribution is 2.15. The molecule has 2 rings (SSSR count). The van der Waals surface area contributed by atoms with Crippen molar-refractivity contribution in [3.05, 3.63) is 65.5 Å². The van der Waals surface area contributed by atoms with Crippen LogP contribution in [0, 0.1) is 5.82 Å². The Morgan fingerprint density at radius 1 is 1.11 bits per heavy atom. The Morgan fingerprint density at radius 2 is 1.75 bits per heavy atom. The average Bonchev–Trinajstić information content (AvgIpc) is 2.66. The van der Waals surface area contributed by atoms with Crippen molar-refractivity contribution in [2.75, 3.05) is 20.6 Å². The van der Waals surface area contributed by atoms with Gasteiger partial charge in [0.05, 0.1) is 17.5 Å². The molecule has 9 heteroatoms. The third-order valence-electron chi connectivity index (χ3n) is 4.03. The van der Waals surface area contributed by atoms with Gasteiger partial charge in [0.15, 0.2) is 0 Å². The zero-order chi connectivity index (χ0) is 20.9. The minimum absolute atomic E-state index is 0.0143. The summed E-state index contributed by atoms with van der Waals surface area (Å²) in [7, 11) is -0.871. The predicted molar refractivity (Wildman–Crippen MR) is 103 cm³/mol. The number of rotatable bonds is 7. The number of carbonyl (C=O) groups is 2. The van der Waals surface area contributed by atoms with Crippen molar-refractivity contribution in [2.24, 2.45) is 0 Å². The topological polar surface area (TPSA) is 95.6 Å². The summed E-state index contributed by atoms with van der Waals surface area (Å²) in [6, 6.07) is 10.9. The van der Waals surface area contributed by atoms with Crippen LogP contribution >= 0.6 is 0 Å². The van der Waals surface area contributed by atoms with E-state index in [1.54, 1.807) is 19.1 Å². The van der Waals surface area contributed by atoms with E-state index in [1.807, 2.05) is 0 Å². The van der Waals surface area contributed by atoms with Crippen molar-refractivity contribution < 1.29 is 22.4 Å². The van der Waals surface area contributed by atoms with Gasteiger partial charge in [-0.2, -0.15) is 0 Å². The van der Waals surface area contributed by atoms with E-state index < -0.39 is 21.8 Å². The number of sulfonamides is 1. The van der Waals surface area contributed by atoms with E-state index in [0.29, 0.717) is 0 Å². The first-order valence-corrected chi connectivity index (χ1v) is 9.91. The van der Waals surface area contributed by atoms with Crippen LogP contribution in [0.4, 0.5) is 4.39 Å². The smallest absolute Gasteiger partial charge is 0.251 e. The van der Waals surface area contributed by atoms with Gasteiger partial charge in [-0.25, -0.2) is 17.1 Å². The Hall–Kier alpha value is -2.78. The first-order valence-electron chi connectivity index (χ1n) is 8.47. The molecule has 0 heterocycles. The lowest BCUT2D eigenvalue weighted by Crippen LogP contribution is -2.38. The Morgan fingerprint density at radius 3 is 2.36 bits per heavy atom. The molecule has 28 heavy (non-hydrogen) atoms. The summed E-state index contributed by atoms with van der Waals surface area (Å²) >= 11 is 0. The molecule has 0 bridgehead atoms. The number of carbonyl (C=O) groups excluding carboxylic acids is 2. The first kappa shape index (κ1) is 21.5. The van der Waals surface area contributed by atoms with Gasteiger partial charge < -0.3 is 10.6 Å². The molecule has 0 aliphatic carbocycles. The number of nitrogens with zero attached hydrogens (tertiary/aromatic N) is 1. The highest BCUT2D eigenvalue weighted by molar-refractivity contribution is 7.89. The number of hydrogen-bond acceptors (Lipinski definition) is 4. The van der Waals surface area contributed by atoms with Crippen molar-refractivity contribution in [2.45, 2.75) is 17.9 Å². The number of hydrogen-bond donors (Lipinski definition) is 2. The maximum absolute atomic E-state index is 13.0. The summed E-state index contributed by atoms with van der Waals surface area (Å²) in [6.07, 6.45) is 0. The second-order valence-corrected chi connectivity index (χ2v) is 8.49. The molecule has 150 valence electrons. The standard InChI is InChI=1S/C19H22FN3O4S/c1-13(14-7-9-16(20)10-8-14)22-18(24)12-21-19(25)15-5-4-6-17(11-15)28(26,27)23(2)3/h4-11,13H,12H2,1-3H3,(H,21,25)(H,22,24). The van der Waals surface area contributed by atoms with Gasteiger partial charge in [0, 0.05) is 19.7 Å². The van der Waals surface area contributed by atoms with E-state index in [9.17, 15) is 22.4 Å². The fraction of sp³-hybridized carbons (Fsp3) is 0.263. The van der Waals surface area contributed by atoms with E-state index in [-0.39, 0.29) is 28.9 Å². The second kappa shape index (κ2) is 8.94. The largest absolute Gasteiger partial charge is 0.348 e. The maximum Gasteiger partial charge on any atom is 0.251 e. The molecule has 2 aromatic carbocycles. The van der Waals surface area contributed by atoms with Gasteiger partial charge in [-0.3, -0.25) is 9.59 Å². The molecule has 0 aliphatic heterocycles. The maximum atomic E-state index is 13.0. The predicted octanol–water partition coefficient (Wildman–Crippen LogP) is 1.68. The molecular weight excluding hydrogens is 385 g/mol. The molecule has 0 aliphatic rings. The molecule has 0 fully saturated rings. The summed E-state index contributed by atoms with van der Waals surface area (Å²) in [5.41, 5.74) is 0.852. The van der Waals surface area contributed by atoms with Crippen LogP contribution in [0.2, 0.25) is 0 Å². The molecule has 7 nitrogen and oxygen atoms in total. The minimum Gasteiger partial charge on any atom is -0.348 e. The number of benzene rings is 2. The lowest BCUT2D eigenvalue weighted by molar-refractivity contribution is -0.120. The molecule has 0 aromatic heterocycles. The average molecular weight is 407 g/mol. The van der Waals surface area contributed by atoms with E-state index in [1.165, 1.54) is 50.5 Å². The number of halogens is 1. The van der Waals surface area contributed by atoms with Gasteiger partial charge in [-0.05, 0) is 42.8 Å². The highest BCUT2D eigenvalue weighted by Gasteiger charge is 2.19. The summed E-state index contributed by atoms with van der Waals surface area (Å²) in [4.78, 5) is 24.3. The van der Waals surface area contributed by atoms with Gasteiger partial charge in [-0.15, -0.1) is 0 Å². The van der Waals surface area contributed by atoms with Crippen LogP contribution in [-0.2, 0) is 14.8 Å². The quantitative estimate of drug-likeness (QED) is 0.730. The summed E-state index contributed by atoms with van der Waals surface area (Å²) in [5, 5.41) is 5.15. The molecule has 0 radical (unpaired) electrons. The van der Waals surface area contributed by atoms with Gasteiger partial charge in [0.25, 0.3) is 5.91 Å². The van der Waals surface area contributed by atoms with E-state index >= 15 is 0 Å². The van der Waals surface area contributed by atoms with Crippen molar-refractivity contribution in [3.63, 3.8) is 0 Å². The van der Waals surface area contributed by atoms with Gasteiger partial charge in [0.1, 0.15) is 5.82 Å². The third kappa shape index (κ3) is 5.37. The SMILES string of the molecule is CC(NC(=O)CNC(=O)c1cccc(S(=O)(=O)N(C)C)c1)c1ccc(F)cc1. The molecule has 0 saturated carbocycles. The number of nitrogens with one attached hydrogen (secondary N) is 2. The third-order valence-corrected chi connectivity index (χ3v) is 5.84. The zero-order valence-electron chi connectivity index (χ0n) is 15.8. The van der Waals surface area contributed by atoms with Crippen molar-refractivity contribution >= 4 is 21.8 Å². The summed E-state index contributed by atoms with van der Waals surface area (Å²) < 4.78 is 38.3. The van der Waals surface area contributed by atoms with E-state index in [0.717, 1.165) is 9.87 Å². The molecule has 2 amide bonds. The van der Waals surface area contributed by atoms with E-state index in [2.05, 4.69) is 10.6 Å². The Balaban J connectivity index is 1.96. The minimum atomic E-state index is -3.67. The fourth-order valence-electron chi connectivity index (χ4n) is 2.40. The summed E-state index contributed by atoms with van der Waals surface area (Å²) in [6.45, 7) is 1.46. The first-order chi connectivity index (χ1) is 13.1. The molecule has 0 spiro atoms. The number of amides is 2. The van der Waals surface area contributed by atoms with Crippen molar-refractivity contribution in [3.8, 4) is 0 Å². The molecule has 1 unspecified atom stereocenters. The summed E-state index contributed by atoms with van der Waals surface area (Å²) in [5.74, 6) is -1.37. The Labute approximate surface area is 163 Å². The van der Waals surface area contributed by atoms with Crippen LogP contribution in [0.25, 0.3) is 0 Å². The van der Waals surface area contributed by atoms with Gasteiger partial charge in [0.2, 0.25) is 15.9 Å². The van der Waals surface area contributed by atoms with Crippen LogP contribution in [0.5, 0.6) is 0 Å². The fourth-order valence-corrected chi connectivity index (χ4v) is 3.35. The monoisotopic (exact) mass is 407 g/mol. The van der Waals surface area contributed by atoms with E-state index in [4.69, 9.17) is 0 Å². The van der Waals surface area contributed by atoms with Crippen molar-refractivity contribution in [1.82, 2.24) is 14.9 Å². The Kier molecular flexibility index (Phi) is 6.87. The van der Waals surface area contributed by atoms with Gasteiger partial charge >= 0.3 is 0 Å². The van der Waals surface area contributed by atoms with Crippen LogP contribution in [0.15, 0.2) is 53.4 Å². The molecule has 2 aromatic rings. The Bertz CT molecular complexity index is 959. The molecule has 2 N–H and O–H groups in total. The van der Waals surface area contributed by atoms with Crippen LogP contribution < -0.4 is 10.6 Å². The van der Waals surface area contributed by atoms with Crippen molar-refractivity contribution in [1.29, 1.82) is 0 Å². The molecular formula is C19H22FN3O4S. The lowest BCUT2D eigenvalue weighted by Gasteiger charge is -2.15. The van der Waals surface area contributed by atoms with Crippen LogP contribution in [0.3, 0.4) is 0 Å². The molecule has 0 saturated heterocycles. The molecule has 1 atom stereocenters.